The maximum Gasteiger partial charge on any atom is 0.155 e. The van der Waals surface area contributed by atoms with Crippen LogP contribution in [-0.2, 0) is 9.53 Å². The van der Waals surface area contributed by atoms with E-state index in [-0.39, 0.29) is 5.60 Å². The highest BCUT2D eigenvalue weighted by Crippen LogP contribution is 2.81. The fourth-order valence-corrected chi connectivity index (χ4v) is 9.48. The number of hydrogen-bond donors (Lipinski definition) is 0. The minimum atomic E-state index is 0.0884. The zero-order valence-corrected chi connectivity index (χ0v) is 15.8. The first-order chi connectivity index (χ1) is 12.7. The quantitative estimate of drug-likeness (QED) is 0.648. The van der Waals surface area contributed by atoms with Gasteiger partial charge in [0.2, 0.25) is 0 Å². The Bertz CT molecular complexity index is 764. The first-order valence-electron chi connectivity index (χ1n) is 11.3. The zero-order valence-electron chi connectivity index (χ0n) is 15.8. The van der Waals surface area contributed by atoms with Gasteiger partial charge in [0.05, 0.1) is 12.2 Å². The lowest BCUT2D eigenvalue weighted by molar-refractivity contribution is -0.145. The summed E-state index contributed by atoms with van der Waals surface area (Å²) in [5.41, 5.74) is 2.09. The highest BCUT2D eigenvalue weighted by atomic mass is 16.5. The summed E-state index contributed by atoms with van der Waals surface area (Å²) in [5.74, 6) is 7.25. The maximum atomic E-state index is 12.0. The summed E-state index contributed by atoms with van der Waals surface area (Å²) in [6, 6.07) is 0. The van der Waals surface area contributed by atoms with E-state index >= 15 is 0 Å². The van der Waals surface area contributed by atoms with E-state index in [1.165, 1.54) is 32.1 Å². The summed E-state index contributed by atoms with van der Waals surface area (Å²) >= 11 is 0. The lowest BCUT2D eigenvalue weighted by Gasteiger charge is -2.58. The van der Waals surface area contributed by atoms with Gasteiger partial charge in [-0.3, -0.25) is 4.79 Å². The predicted octanol–water partition coefficient (Wildman–Crippen LogP) is 4.56. The standard InChI is InChI=1S/C24H30O2/c1-2-23-8-6-15-14-5-4-13(25)10-16(14)17-11-18(17)21(15)22(23)19-12-20(19)24(23)7-3-9-26-24/h3,7,10,14-15,17-22H,2,4-6,8-9,11-12H2,1H3/t14-,15?,17+,18+,19?,20+,21?,22?,23+,24+/m1/s1. The van der Waals surface area contributed by atoms with E-state index in [2.05, 4.69) is 25.2 Å². The second kappa shape index (κ2) is 4.57. The molecule has 1 spiro atoms. The molecule has 138 valence electrons. The second-order valence-corrected chi connectivity index (χ2v) is 10.6. The Balaban J connectivity index is 1.34. The number of rotatable bonds is 1. The Morgan fingerprint density at radius 3 is 2.88 bits per heavy atom. The number of hydrogen-bond acceptors (Lipinski definition) is 2. The third-order valence-corrected chi connectivity index (χ3v) is 10.3. The van der Waals surface area contributed by atoms with Gasteiger partial charge in [0.15, 0.2) is 5.78 Å². The van der Waals surface area contributed by atoms with E-state index in [4.69, 9.17) is 4.74 Å². The second-order valence-electron chi connectivity index (χ2n) is 10.6. The van der Waals surface area contributed by atoms with Crippen molar-refractivity contribution >= 4 is 5.78 Å². The molecule has 4 unspecified atom stereocenters. The fourth-order valence-electron chi connectivity index (χ4n) is 9.48. The van der Waals surface area contributed by atoms with E-state index in [9.17, 15) is 4.79 Å². The van der Waals surface area contributed by atoms with Crippen LogP contribution in [0.3, 0.4) is 0 Å². The molecule has 10 atom stereocenters. The molecule has 0 bridgehead atoms. The fraction of sp³-hybridized carbons (Fsp3) is 0.792. The SMILES string of the molecule is CC[C@]12CCC3C(C1C1C[C@@H]1[C@@]21C=CCO1)[C@H]1C[C@H]1C1=CC(=O)CC[C@@H]13. The van der Waals surface area contributed by atoms with E-state index in [0.717, 1.165) is 66.8 Å². The Kier molecular flexibility index (Phi) is 2.65. The molecule has 6 aliphatic carbocycles. The van der Waals surface area contributed by atoms with Gasteiger partial charge in [-0.05, 0) is 91.9 Å². The number of allylic oxidation sites excluding steroid dienone is 1. The molecule has 1 heterocycles. The molecule has 0 aromatic rings. The Morgan fingerprint density at radius 2 is 2.08 bits per heavy atom. The van der Waals surface area contributed by atoms with Gasteiger partial charge in [-0.25, -0.2) is 0 Å². The number of carbonyl (C=O) groups excluding carboxylic acids is 1. The van der Waals surface area contributed by atoms with Crippen LogP contribution in [-0.4, -0.2) is 18.0 Å². The molecule has 0 aromatic heterocycles. The molecule has 0 radical (unpaired) electrons. The van der Waals surface area contributed by atoms with Crippen LogP contribution in [0.25, 0.3) is 0 Å². The number of ether oxygens (including phenoxy) is 1. The monoisotopic (exact) mass is 350 g/mol. The van der Waals surface area contributed by atoms with Gasteiger partial charge < -0.3 is 4.74 Å². The van der Waals surface area contributed by atoms with Crippen LogP contribution in [0.4, 0.5) is 0 Å². The molecule has 7 rings (SSSR count). The van der Waals surface area contributed by atoms with Gasteiger partial charge in [0, 0.05) is 11.8 Å². The number of ketones is 1. The van der Waals surface area contributed by atoms with Crippen molar-refractivity contribution in [3.63, 3.8) is 0 Å². The van der Waals surface area contributed by atoms with E-state index in [1.54, 1.807) is 5.57 Å². The van der Waals surface area contributed by atoms with Gasteiger partial charge in [0.1, 0.15) is 0 Å². The van der Waals surface area contributed by atoms with E-state index in [0.29, 0.717) is 11.2 Å². The van der Waals surface area contributed by atoms with Crippen LogP contribution in [0.15, 0.2) is 23.8 Å². The molecule has 2 heteroatoms. The van der Waals surface area contributed by atoms with Gasteiger partial charge >= 0.3 is 0 Å². The Hall–Kier alpha value is -0.890. The van der Waals surface area contributed by atoms with Crippen LogP contribution in [0, 0.1) is 52.8 Å². The molecular formula is C24H30O2. The highest BCUT2D eigenvalue weighted by Gasteiger charge is 2.79. The average molecular weight is 351 g/mol. The average Bonchev–Trinajstić information content (AvgIpc) is 3.56. The van der Waals surface area contributed by atoms with Crippen LogP contribution < -0.4 is 0 Å². The molecule has 5 saturated carbocycles. The maximum absolute atomic E-state index is 12.0. The van der Waals surface area contributed by atoms with Gasteiger partial charge in [-0.1, -0.05) is 24.6 Å². The summed E-state index contributed by atoms with van der Waals surface area (Å²) in [4.78, 5) is 12.0. The van der Waals surface area contributed by atoms with Crippen molar-refractivity contribution in [1.82, 2.24) is 0 Å². The number of carbonyl (C=O) groups is 1. The van der Waals surface area contributed by atoms with E-state index < -0.39 is 0 Å². The largest absolute Gasteiger partial charge is 0.366 e. The van der Waals surface area contributed by atoms with Crippen molar-refractivity contribution < 1.29 is 9.53 Å². The molecule has 0 saturated heterocycles. The van der Waals surface area contributed by atoms with Crippen LogP contribution in [0.2, 0.25) is 0 Å². The summed E-state index contributed by atoms with van der Waals surface area (Å²) in [6.45, 7) is 3.29. The van der Waals surface area contributed by atoms with Crippen LogP contribution in [0.1, 0.15) is 51.9 Å². The predicted molar refractivity (Wildman–Crippen MR) is 99.3 cm³/mol. The molecule has 0 amide bonds. The lowest BCUT2D eigenvalue weighted by Crippen LogP contribution is -2.56. The Morgan fingerprint density at radius 1 is 1.15 bits per heavy atom. The summed E-state index contributed by atoms with van der Waals surface area (Å²) in [5, 5.41) is 0. The molecule has 0 aromatic carbocycles. The first kappa shape index (κ1) is 15.1. The third kappa shape index (κ3) is 1.49. The van der Waals surface area contributed by atoms with Crippen LogP contribution in [0.5, 0.6) is 0 Å². The minimum Gasteiger partial charge on any atom is -0.366 e. The zero-order chi connectivity index (χ0) is 17.3. The smallest absolute Gasteiger partial charge is 0.155 e. The van der Waals surface area contributed by atoms with Gasteiger partial charge in [-0.15, -0.1) is 0 Å². The van der Waals surface area contributed by atoms with Crippen molar-refractivity contribution in [1.29, 1.82) is 0 Å². The molecular weight excluding hydrogens is 320 g/mol. The van der Waals surface area contributed by atoms with Gasteiger partial charge in [0.25, 0.3) is 0 Å². The summed E-state index contributed by atoms with van der Waals surface area (Å²) in [6.07, 6.45) is 15.7. The summed E-state index contributed by atoms with van der Waals surface area (Å²) in [7, 11) is 0. The lowest BCUT2D eigenvalue weighted by atomic mass is 9.48. The molecule has 1 aliphatic heterocycles. The molecule has 0 N–H and O–H groups in total. The molecule has 5 fully saturated rings. The summed E-state index contributed by atoms with van der Waals surface area (Å²) < 4.78 is 6.60. The van der Waals surface area contributed by atoms with Crippen molar-refractivity contribution in [2.45, 2.75) is 57.5 Å². The molecule has 7 aliphatic rings. The normalized spacial score (nSPS) is 60.7. The van der Waals surface area contributed by atoms with Crippen molar-refractivity contribution in [3.05, 3.63) is 23.8 Å². The first-order valence-corrected chi connectivity index (χ1v) is 11.3. The van der Waals surface area contributed by atoms with Gasteiger partial charge in [-0.2, -0.15) is 0 Å². The highest BCUT2D eigenvalue weighted by molar-refractivity contribution is 5.91. The van der Waals surface area contributed by atoms with Crippen molar-refractivity contribution in [3.8, 4) is 0 Å². The third-order valence-electron chi connectivity index (χ3n) is 10.3. The van der Waals surface area contributed by atoms with E-state index in [1.807, 2.05) is 0 Å². The molecule has 2 nitrogen and oxygen atoms in total. The van der Waals surface area contributed by atoms with Crippen molar-refractivity contribution in [2.24, 2.45) is 52.8 Å². The minimum absolute atomic E-state index is 0.0884. The number of fused-ring (bicyclic) bond motifs is 12. The van der Waals surface area contributed by atoms with Crippen LogP contribution >= 0.6 is 0 Å². The topological polar surface area (TPSA) is 26.3 Å². The Labute approximate surface area is 156 Å². The molecule has 26 heavy (non-hydrogen) atoms. The van der Waals surface area contributed by atoms with Crippen molar-refractivity contribution in [2.75, 3.05) is 6.61 Å².